The summed E-state index contributed by atoms with van der Waals surface area (Å²) in [5.74, 6) is -0.447. The SMILES string of the molecule is C=C=C=C=C=C=C=C(C)F. The molecule has 0 aromatic carbocycles. The molecule has 0 atom stereocenters. The van der Waals surface area contributed by atoms with Crippen LogP contribution in [0.3, 0.4) is 0 Å². The van der Waals surface area contributed by atoms with Gasteiger partial charge in [0.05, 0.1) is 0 Å². The average Bonchev–Trinajstić information content (AvgIpc) is 1.87. The van der Waals surface area contributed by atoms with Gasteiger partial charge < -0.3 is 0 Å². The van der Waals surface area contributed by atoms with Gasteiger partial charge in [-0.3, -0.25) is 0 Å². The quantitative estimate of drug-likeness (QED) is 0.444. The number of halogens is 1. The Morgan fingerprint density at radius 2 is 1.80 bits per heavy atom. The predicted octanol–water partition coefficient (Wildman–Crippen LogP) is 2.42. The highest BCUT2D eigenvalue weighted by molar-refractivity contribution is 4.90. The van der Waals surface area contributed by atoms with Crippen molar-refractivity contribution in [2.75, 3.05) is 0 Å². The third-order valence-electron chi connectivity index (χ3n) is 0.511. The Kier molecular flexibility index (Phi) is 4.58. The molecule has 0 aliphatic carbocycles. The van der Waals surface area contributed by atoms with Crippen LogP contribution in [0.1, 0.15) is 6.92 Å². The molecule has 0 aromatic heterocycles. The molecule has 0 spiro atoms. The molecule has 48 valence electrons. The molecule has 1 heteroatoms. The van der Waals surface area contributed by atoms with Crippen molar-refractivity contribution in [1.29, 1.82) is 0 Å². The van der Waals surface area contributed by atoms with E-state index in [-0.39, 0.29) is 0 Å². The predicted molar refractivity (Wildman–Crippen MR) is 37.0 cm³/mol. The van der Waals surface area contributed by atoms with Crippen molar-refractivity contribution in [2.45, 2.75) is 6.92 Å². The molecule has 0 aliphatic rings. The van der Waals surface area contributed by atoms with Crippen LogP contribution in [0.2, 0.25) is 0 Å². The first kappa shape index (κ1) is 8.35. The van der Waals surface area contributed by atoms with Gasteiger partial charge in [-0.05, 0) is 42.2 Å². The van der Waals surface area contributed by atoms with Gasteiger partial charge in [-0.1, -0.05) is 5.73 Å². The summed E-state index contributed by atoms with van der Waals surface area (Å²) in [5.41, 5.74) is 13.8. The van der Waals surface area contributed by atoms with Crippen molar-refractivity contribution in [3.8, 4) is 0 Å². The zero-order valence-corrected chi connectivity index (χ0v) is 5.59. The van der Waals surface area contributed by atoms with Crippen LogP contribution < -0.4 is 0 Å². The Labute approximate surface area is 59.0 Å². The van der Waals surface area contributed by atoms with Gasteiger partial charge >= 0.3 is 0 Å². The van der Waals surface area contributed by atoms with Crippen molar-refractivity contribution >= 4 is 0 Å². The van der Waals surface area contributed by atoms with Crippen LogP contribution >= 0.6 is 0 Å². The number of allylic oxidation sites excluding steroid dienone is 1. The zero-order chi connectivity index (χ0) is 7.82. The van der Waals surface area contributed by atoms with E-state index in [0.717, 1.165) is 0 Å². The van der Waals surface area contributed by atoms with Crippen molar-refractivity contribution in [3.05, 3.63) is 46.8 Å². The van der Waals surface area contributed by atoms with Gasteiger partial charge in [-0.25, -0.2) is 4.39 Å². The van der Waals surface area contributed by atoms with Crippen LogP contribution in [0.5, 0.6) is 0 Å². The number of hydrogen-bond donors (Lipinski definition) is 0. The molecule has 0 amide bonds. The first-order valence-electron chi connectivity index (χ1n) is 2.54. The lowest BCUT2D eigenvalue weighted by Crippen LogP contribution is -1.44. The molecule has 0 fully saturated rings. The summed E-state index contributed by atoms with van der Waals surface area (Å²) in [6.07, 6.45) is 0. The summed E-state index contributed by atoms with van der Waals surface area (Å²) >= 11 is 0. The van der Waals surface area contributed by atoms with Crippen LogP contribution in [-0.2, 0) is 0 Å². The van der Waals surface area contributed by atoms with Crippen LogP contribution in [-0.4, -0.2) is 0 Å². The summed E-state index contributed by atoms with van der Waals surface area (Å²) in [5, 5.41) is 0. The maximum atomic E-state index is 11.8. The van der Waals surface area contributed by atoms with E-state index in [1.54, 1.807) is 0 Å². The van der Waals surface area contributed by atoms with E-state index in [1.807, 2.05) is 0 Å². The minimum absolute atomic E-state index is 0.447. The van der Waals surface area contributed by atoms with Gasteiger partial charge in [0.2, 0.25) is 0 Å². The lowest BCUT2D eigenvalue weighted by atomic mass is 10.6. The molecule has 0 saturated carbocycles. The monoisotopic (exact) mass is 132 g/mol. The van der Waals surface area contributed by atoms with E-state index in [2.05, 4.69) is 41.0 Å². The molecule has 10 heavy (non-hydrogen) atoms. The maximum absolute atomic E-state index is 11.8. The largest absolute Gasteiger partial charge is 0.202 e. The van der Waals surface area contributed by atoms with E-state index in [1.165, 1.54) is 6.92 Å². The van der Waals surface area contributed by atoms with Crippen molar-refractivity contribution in [2.24, 2.45) is 0 Å². The molecule has 0 N–H and O–H groups in total. The zero-order valence-electron chi connectivity index (χ0n) is 5.59. The summed E-state index contributed by atoms with van der Waals surface area (Å²) < 4.78 is 11.8. The van der Waals surface area contributed by atoms with Crippen LogP contribution in [0.4, 0.5) is 4.39 Å². The Balaban J connectivity index is 5.09. The van der Waals surface area contributed by atoms with Crippen LogP contribution in [0, 0.1) is 0 Å². The standard InChI is InChI=1S/C9H5F/c1-3-4-5-6-7-8-9(2)10/h1H2,2H3. The molecule has 0 aliphatic heterocycles. The van der Waals surface area contributed by atoms with Gasteiger partial charge in [-0.2, -0.15) is 0 Å². The lowest BCUT2D eigenvalue weighted by molar-refractivity contribution is 0.643. The molecular weight excluding hydrogens is 127 g/mol. The minimum atomic E-state index is -0.447. The molecule has 0 radical (unpaired) electrons. The van der Waals surface area contributed by atoms with Crippen molar-refractivity contribution < 1.29 is 4.39 Å². The van der Waals surface area contributed by atoms with E-state index in [4.69, 9.17) is 0 Å². The van der Waals surface area contributed by atoms with Gasteiger partial charge in [0, 0.05) is 0 Å². The average molecular weight is 132 g/mol. The molecule has 0 aromatic rings. The first-order chi connectivity index (χ1) is 4.77. The van der Waals surface area contributed by atoms with Crippen molar-refractivity contribution in [3.63, 3.8) is 0 Å². The molecular formula is C9H5F. The Bertz CT molecular complexity index is 321. The second-order valence-corrected chi connectivity index (χ2v) is 1.34. The van der Waals surface area contributed by atoms with Gasteiger partial charge in [0.15, 0.2) is 0 Å². The fraction of sp³-hybridized carbons (Fsp3) is 0.111. The third-order valence-corrected chi connectivity index (χ3v) is 0.511. The Morgan fingerprint density at radius 3 is 2.30 bits per heavy atom. The fourth-order valence-corrected chi connectivity index (χ4v) is 0.224. The maximum Gasteiger partial charge on any atom is 0.147 e. The van der Waals surface area contributed by atoms with Crippen LogP contribution in [0.25, 0.3) is 0 Å². The second kappa shape index (κ2) is 5.49. The third kappa shape index (κ3) is 6.35. The van der Waals surface area contributed by atoms with Crippen LogP contribution in [0.15, 0.2) is 46.8 Å². The normalized spacial score (nSPS) is 5.00. The van der Waals surface area contributed by atoms with Crippen molar-refractivity contribution in [1.82, 2.24) is 0 Å². The highest BCUT2D eigenvalue weighted by Crippen LogP contribution is 1.84. The van der Waals surface area contributed by atoms with Gasteiger partial charge in [0.25, 0.3) is 0 Å². The van der Waals surface area contributed by atoms with Gasteiger partial charge in [-0.15, -0.1) is 0 Å². The summed E-state index contributed by atoms with van der Waals surface area (Å²) in [6.45, 7) is 4.49. The minimum Gasteiger partial charge on any atom is -0.202 e. The highest BCUT2D eigenvalue weighted by atomic mass is 19.1. The number of hydrogen-bond acceptors (Lipinski definition) is 0. The number of rotatable bonds is 0. The van der Waals surface area contributed by atoms with E-state index >= 15 is 0 Å². The summed E-state index contributed by atoms with van der Waals surface area (Å²) in [6, 6.07) is 0. The second-order valence-electron chi connectivity index (χ2n) is 1.34. The topological polar surface area (TPSA) is 0 Å². The summed E-state index contributed by atoms with van der Waals surface area (Å²) in [4.78, 5) is 0. The molecule has 0 bridgehead atoms. The van der Waals surface area contributed by atoms with E-state index < -0.39 is 5.83 Å². The van der Waals surface area contributed by atoms with Gasteiger partial charge in [0.1, 0.15) is 5.83 Å². The molecule has 0 unspecified atom stereocenters. The van der Waals surface area contributed by atoms with E-state index in [0.29, 0.717) is 0 Å². The molecule has 0 heterocycles. The van der Waals surface area contributed by atoms with E-state index in [9.17, 15) is 4.39 Å². The first-order valence-corrected chi connectivity index (χ1v) is 2.54. The lowest BCUT2D eigenvalue weighted by Gasteiger charge is -1.61. The fourth-order valence-electron chi connectivity index (χ4n) is 0.224. The molecule has 0 nitrogen and oxygen atoms in total. The smallest absolute Gasteiger partial charge is 0.147 e. The Morgan fingerprint density at radius 1 is 1.20 bits per heavy atom. The highest BCUT2D eigenvalue weighted by Gasteiger charge is 1.67. The summed E-state index contributed by atoms with van der Waals surface area (Å²) in [7, 11) is 0. The molecule has 0 rings (SSSR count). The Hall–Kier alpha value is -1.65. The molecule has 0 saturated heterocycles.